The van der Waals surface area contributed by atoms with Gasteiger partial charge >= 0.3 is 6.18 Å². The molecule has 0 saturated carbocycles. The lowest BCUT2D eigenvalue weighted by atomic mass is 10.00. The second-order valence-electron chi connectivity index (χ2n) is 5.36. The minimum absolute atomic E-state index is 0.178. The molecule has 0 unspecified atom stereocenters. The molecule has 1 aromatic rings. The highest BCUT2D eigenvalue weighted by Gasteiger charge is 2.42. The first-order valence-corrected chi connectivity index (χ1v) is 8.99. The zero-order valence-electron chi connectivity index (χ0n) is 12.6. The molecule has 0 aromatic carbocycles. The zero-order chi connectivity index (χ0) is 18.3. The topological polar surface area (TPSA) is 83.9 Å². The highest BCUT2D eigenvalue weighted by molar-refractivity contribution is 9.10. The summed E-state index contributed by atoms with van der Waals surface area (Å²) in [6, 6.07) is 2.48. The van der Waals surface area contributed by atoms with Crippen LogP contribution in [0.15, 0.2) is 26.1 Å². The molecule has 134 valence electrons. The van der Waals surface area contributed by atoms with E-state index in [0.717, 1.165) is 10.4 Å². The van der Waals surface area contributed by atoms with Gasteiger partial charge in [0.2, 0.25) is 5.96 Å². The third kappa shape index (κ3) is 3.79. The maximum atomic E-state index is 14.1. The predicted octanol–water partition coefficient (Wildman–Crippen LogP) is 2.40. The molecule has 0 aliphatic carbocycles. The molecule has 2 N–H and O–H groups in total. The number of hydrogen-bond acceptors (Lipinski definition) is 5. The van der Waals surface area contributed by atoms with Crippen LogP contribution in [0.1, 0.15) is 12.6 Å². The first-order chi connectivity index (χ1) is 10.9. The molecule has 2 rings (SSSR count). The second-order valence-corrected chi connectivity index (χ2v) is 8.48. The monoisotopic (exact) mass is 431 g/mol. The molecule has 24 heavy (non-hydrogen) atoms. The summed E-state index contributed by atoms with van der Waals surface area (Å²) >= 11 is 3.09. The Morgan fingerprint density at radius 3 is 2.71 bits per heavy atom. The first kappa shape index (κ1) is 18.9. The number of aromatic nitrogens is 1. The van der Waals surface area contributed by atoms with E-state index in [1.807, 2.05) is 0 Å². The van der Waals surface area contributed by atoms with Gasteiger partial charge in [-0.15, -0.1) is 0 Å². The molecule has 0 radical (unpaired) electrons. The maximum Gasteiger partial charge on any atom is 0.408 e. The minimum atomic E-state index is -4.62. The largest absolute Gasteiger partial charge is 0.408 e. The van der Waals surface area contributed by atoms with Gasteiger partial charge in [0.05, 0.1) is 5.75 Å². The predicted molar refractivity (Wildman–Crippen MR) is 85.0 cm³/mol. The number of hydrogen-bond donors (Lipinski definition) is 1. The van der Waals surface area contributed by atoms with Crippen LogP contribution in [-0.4, -0.2) is 45.0 Å². The average molecular weight is 432 g/mol. The lowest BCUT2D eigenvalue weighted by Crippen LogP contribution is -2.51. The second kappa shape index (κ2) is 6.14. The zero-order valence-corrected chi connectivity index (χ0v) is 15.0. The van der Waals surface area contributed by atoms with E-state index in [9.17, 15) is 21.8 Å². The fraction of sp³-hybridized carbons (Fsp3) is 0.500. The van der Waals surface area contributed by atoms with Gasteiger partial charge in [0.25, 0.3) is 0 Å². The van der Waals surface area contributed by atoms with Crippen LogP contribution in [0, 0.1) is 5.82 Å². The molecule has 12 heteroatoms. The summed E-state index contributed by atoms with van der Waals surface area (Å²) in [5.74, 6) is -1.52. The van der Waals surface area contributed by atoms with Crippen molar-refractivity contribution in [3.8, 4) is 0 Å². The van der Waals surface area contributed by atoms with Gasteiger partial charge in [0.1, 0.15) is 38.1 Å². The van der Waals surface area contributed by atoms with Gasteiger partial charge in [-0.3, -0.25) is 4.31 Å². The summed E-state index contributed by atoms with van der Waals surface area (Å²) in [6.45, 7) is -0.207. The van der Waals surface area contributed by atoms with Crippen molar-refractivity contribution in [2.24, 2.45) is 15.1 Å². The van der Waals surface area contributed by atoms with Crippen LogP contribution in [0.5, 0.6) is 0 Å². The molecule has 0 spiro atoms. The molecule has 0 bridgehead atoms. The van der Waals surface area contributed by atoms with Crippen LogP contribution in [0.2, 0.25) is 0 Å². The normalized spacial score (nSPS) is 27.8. The Bertz CT molecular complexity index is 805. The number of nitrogens with zero attached hydrogens (tertiary/aromatic N) is 4. The van der Waals surface area contributed by atoms with Crippen molar-refractivity contribution >= 4 is 31.8 Å². The van der Waals surface area contributed by atoms with E-state index in [1.54, 1.807) is 0 Å². The summed E-state index contributed by atoms with van der Waals surface area (Å²) in [6.07, 6.45) is -4.62. The fourth-order valence-corrected chi connectivity index (χ4v) is 4.57. The third-order valence-corrected chi connectivity index (χ3v) is 6.30. The highest BCUT2D eigenvalue weighted by atomic mass is 79.9. The SMILES string of the molecule is CN1C(N)=N[C@](C)(c2nc(Br)ccc2F)C[S@@]1(=O)=NCC(F)(F)F. The Labute approximate surface area is 144 Å². The van der Waals surface area contributed by atoms with Crippen molar-refractivity contribution in [2.45, 2.75) is 18.6 Å². The molecular weight excluding hydrogens is 418 g/mol. The summed E-state index contributed by atoms with van der Waals surface area (Å²) in [5.41, 5.74) is 3.99. The quantitative estimate of drug-likeness (QED) is 0.576. The van der Waals surface area contributed by atoms with Gasteiger partial charge in [0, 0.05) is 7.05 Å². The molecule has 1 aliphatic heterocycles. The summed E-state index contributed by atoms with van der Waals surface area (Å²) < 4.78 is 68.9. The Hall–Kier alpha value is -1.43. The molecule has 0 saturated heterocycles. The number of pyridine rings is 1. The highest BCUT2D eigenvalue weighted by Crippen LogP contribution is 2.34. The lowest BCUT2D eigenvalue weighted by molar-refractivity contribution is -0.117. The standard InChI is InChI=1S/C12H14BrF4N5OS/c1-11(9-7(14)3-4-8(13)20-9)6-24(23,19-5-12(15,16)17)22(2)10(18)21-11/h3-4H,5-6H2,1-2H3,(H2,18,21)/t11-,24+/m0/s1. The lowest BCUT2D eigenvalue weighted by Gasteiger charge is -2.36. The average Bonchev–Trinajstić information content (AvgIpc) is 2.45. The van der Waals surface area contributed by atoms with Crippen LogP contribution in [0.25, 0.3) is 0 Å². The van der Waals surface area contributed by atoms with Crippen molar-refractivity contribution in [1.82, 2.24) is 9.29 Å². The Morgan fingerprint density at radius 2 is 2.12 bits per heavy atom. The van der Waals surface area contributed by atoms with Gasteiger partial charge in [0.15, 0.2) is 0 Å². The van der Waals surface area contributed by atoms with Crippen LogP contribution < -0.4 is 5.73 Å². The Kier molecular flexibility index (Phi) is 4.83. The van der Waals surface area contributed by atoms with E-state index in [2.05, 4.69) is 30.3 Å². The Morgan fingerprint density at radius 1 is 1.50 bits per heavy atom. The number of halogens is 5. The van der Waals surface area contributed by atoms with Crippen molar-refractivity contribution in [1.29, 1.82) is 0 Å². The summed E-state index contributed by atoms with van der Waals surface area (Å²) in [7, 11) is -2.35. The van der Waals surface area contributed by atoms with Crippen LogP contribution in [0.3, 0.4) is 0 Å². The van der Waals surface area contributed by atoms with E-state index in [-0.39, 0.29) is 11.7 Å². The molecule has 6 nitrogen and oxygen atoms in total. The third-order valence-electron chi connectivity index (χ3n) is 3.35. The summed E-state index contributed by atoms with van der Waals surface area (Å²) in [4.78, 5) is 8.06. The number of alkyl halides is 3. The van der Waals surface area contributed by atoms with Crippen molar-refractivity contribution in [2.75, 3.05) is 19.3 Å². The number of guanidine groups is 1. The number of aliphatic imine (C=N–C) groups is 1. The van der Waals surface area contributed by atoms with Gasteiger partial charge in [-0.1, -0.05) is 0 Å². The molecule has 2 heterocycles. The van der Waals surface area contributed by atoms with Crippen molar-refractivity contribution < 1.29 is 21.8 Å². The van der Waals surface area contributed by atoms with Gasteiger partial charge in [-0.05, 0) is 35.0 Å². The number of rotatable bonds is 2. The fourth-order valence-electron chi connectivity index (χ4n) is 2.19. The molecule has 1 aliphatic rings. The van der Waals surface area contributed by atoms with Gasteiger partial charge < -0.3 is 5.73 Å². The van der Waals surface area contributed by atoms with Crippen LogP contribution in [0.4, 0.5) is 17.6 Å². The van der Waals surface area contributed by atoms with Gasteiger partial charge in [-0.2, -0.15) is 13.2 Å². The molecule has 2 atom stereocenters. The van der Waals surface area contributed by atoms with Gasteiger partial charge in [-0.25, -0.2) is 22.9 Å². The maximum absolute atomic E-state index is 14.1. The minimum Gasteiger partial charge on any atom is -0.369 e. The van der Waals surface area contributed by atoms with E-state index >= 15 is 0 Å². The number of nitrogens with two attached hydrogens (primary N) is 1. The van der Waals surface area contributed by atoms with Crippen LogP contribution in [-0.2, 0) is 15.5 Å². The van der Waals surface area contributed by atoms with E-state index < -0.39 is 39.7 Å². The smallest absolute Gasteiger partial charge is 0.369 e. The molecule has 0 amide bonds. The van der Waals surface area contributed by atoms with E-state index in [4.69, 9.17) is 5.73 Å². The van der Waals surface area contributed by atoms with Crippen molar-refractivity contribution in [3.05, 3.63) is 28.2 Å². The molecular formula is C12H14BrF4N5OS. The first-order valence-electron chi connectivity index (χ1n) is 6.55. The van der Waals surface area contributed by atoms with Crippen LogP contribution >= 0.6 is 15.9 Å². The molecule has 0 fully saturated rings. The molecule has 1 aromatic heterocycles. The van der Waals surface area contributed by atoms with E-state index in [1.165, 1.54) is 20.0 Å². The van der Waals surface area contributed by atoms with E-state index in [0.29, 0.717) is 4.60 Å². The Balaban J connectivity index is 2.58. The summed E-state index contributed by atoms with van der Waals surface area (Å²) in [5, 5.41) is 0. The van der Waals surface area contributed by atoms with Crippen molar-refractivity contribution in [3.63, 3.8) is 0 Å².